The lowest BCUT2D eigenvalue weighted by Gasteiger charge is -2.53. The fourth-order valence-electron chi connectivity index (χ4n) is 12.6. The van der Waals surface area contributed by atoms with Gasteiger partial charge >= 0.3 is 0 Å². The van der Waals surface area contributed by atoms with Gasteiger partial charge in [-0.15, -0.1) is 0 Å². The average molecular weight is 1240 g/mol. The van der Waals surface area contributed by atoms with Crippen LogP contribution in [-0.2, 0) is 78.5 Å². The van der Waals surface area contributed by atoms with Gasteiger partial charge in [0.05, 0.1) is 68.5 Å². The number of amides is 4. The van der Waals surface area contributed by atoms with Crippen LogP contribution in [0.2, 0.25) is 0 Å². The summed E-state index contributed by atoms with van der Waals surface area (Å²) in [4.78, 5) is 65.6. The zero-order chi connectivity index (χ0) is 62.4. The Morgan fingerprint density at radius 2 is 0.868 bits per heavy atom. The molecule has 468 valence electrons. The molecule has 4 saturated heterocycles. The molecule has 4 fully saturated rings. The van der Waals surface area contributed by atoms with Crippen molar-refractivity contribution in [1.29, 1.82) is 0 Å². The van der Waals surface area contributed by atoms with Crippen LogP contribution in [0.1, 0.15) is 75.5 Å². The van der Waals surface area contributed by atoms with E-state index in [1.54, 1.807) is 24.3 Å². The highest BCUT2D eigenvalue weighted by atomic mass is 16.8. The molecule has 0 spiro atoms. The molecule has 4 amide bonds. The van der Waals surface area contributed by atoms with Crippen LogP contribution >= 0.6 is 0 Å². The van der Waals surface area contributed by atoms with E-state index in [1.807, 2.05) is 152 Å². The number of carbonyl (C=O) groups is 4. The summed E-state index contributed by atoms with van der Waals surface area (Å²) in [5.74, 6) is -2.96. The van der Waals surface area contributed by atoms with Crippen LogP contribution in [0.15, 0.2) is 205 Å². The largest absolute Gasteiger partial charge is 0.387 e. The van der Waals surface area contributed by atoms with Crippen molar-refractivity contribution in [2.75, 3.05) is 19.8 Å². The summed E-state index contributed by atoms with van der Waals surface area (Å²) >= 11 is 0. The van der Waals surface area contributed by atoms with Gasteiger partial charge in [0.25, 0.3) is 23.6 Å². The summed E-state index contributed by atoms with van der Waals surface area (Å²) in [6, 6.07) is 55.3. The number of rotatable bonds is 22. The molecule has 6 heterocycles. The van der Waals surface area contributed by atoms with Crippen LogP contribution in [0.3, 0.4) is 0 Å². The van der Waals surface area contributed by atoms with Gasteiger partial charge in [-0.2, -0.15) is 0 Å². The number of hydrogen-bond donors (Lipinski definition) is 2. The second kappa shape index (κ2) is 28.0. The number of benzene rings is 7. The maximum Gasteiger partial charge on any atom is 0.262 e. The van der Waals surface area contributed by atoms with Gasteiger partial charge in [0.15, 0.2) is 25.1 Å². The Balaban J connectivity index is 0.940. The number of aliphatic hydroxyl groups excluding tert-OH is 2. The van der Waals surface area contributed by atoms with E-state index in [0.717, 1.165) is 20.9 Å². The van der Waals surface area contributed by atoms with E-state index in [9.17, 15) is 25.3 Å². The maximum atomic E-state index is 15.4. The molecule has 6 aliphatic heterocycles. The van der Waals surface area contributed by atoms with Gasteiger partial charge in [-0.05, 0) is 52.1 Å². The smallest absolute Gasteiger partial charge is 0.262 e. The third kappa shape index (κ3) is 13.0. The molecule has 91 heavy (non-hydrogen) atoms. The lowest BCUT2D eigenvalue weighted by Crippen LogP contribution is -2.71. The summed E-state index contributed by atoms with van der Waals surface area (Å²) < 4.78 is 74.5. The summed E-state index contributed by atoms with van der Waals surface area (Å²) in [5, 5.41) is 28.4. The molecule has 0 bridgehead atoms. The van der Waals surface area contributed by atoms with E-state index in [1.165, 1.54) is 24.3 Å². The second-order valence-corrected chi connectivity index (χ2v) is 22.8. The highest BCUT2D eigenvalue weighted by Gasteiger charge is 2.61. The Bertz CT molecular complexity index is 3640. The van der Waals surface area contributed by atoms with E-state index in [2.05, 4.69) is 10.0 Å². The molecule has 0 unspecified atom stereocenters. The monoisotopic (exact) mass is 1240 g/mol. The van der Waals surface area contributed by atoms with Crippen LogP contribution in [0.5, 0.6) is 0 Å². The van der Waals surface area contributed by atoms with Crippen molar-refractivity contribution >= 4 is 23.6 Å². The van der Waals surface area contributed by atoms with E-state index >= 15 is 9.59 Å². The van der Waals surface area contributed by atoms with Crippen LogP contribution < -0.4 is 0 Å². The summed E-state index contributed by atoms with van der Waals surface area (Å²) in [6.07, 6.45) is -20.1. The first kappa shape index (κ1) is 61.5. The molecule has 22 heteroatoms. The standard InChI is InChI=1S/C69H65N5O17/c70-72-71-62-53(73-63(77)46-30-16-17-31-47(46)64(73)78)60(83-36-43-24-10-3-11-25-43)58(50(86-62)38-81-34-41-20-6-1-7-21-41)90-68-54(74-65(79)48-32-18-19-33-49(48)66(74)80)61(84-37-44-26-12-4-13-27-44)59(51(87-68)39-82-35-42-22-8-2-9-23-42)91-69-56(76)55(75)57-52(88-69)40-85-67(89-57)45-28-14-5-15-29-45/h1-33,50-62,67-69,75-76H,34-40H2/t50-,51-,52-,53-,54-,55-,56+,57-,58-,59-,60-,61-,62-,67-,68+,69+/m1/s1. The number of aliphatic hydroxyl groups is 2. The Kier molecular flexibility index (Phi) is 18.9. The first-order valence-electron chi connectivity index (χ1n) is 30.1. The second-order valence-electron chi connectivity index (χ2n) is 22.8. The quantitative estimate of drug-likeness (QED) is 0.0282. The van der Waals surface area contributed by atoms with Gasteiger partial charge in [-0.25, -0.2) is 0 Å². The van der Waals surface area contributed by atoms with Gasteiger partial charge in [-0.1, -0.05) is 181 Å². The van der Waals surface area contributed by atoms with Crippen molar-refractivity contribution in [2.24, 2.45) is 5.11 Å². The minimum absolute atomic E-state index is 0.0497. The Morgan fingerprint density at radius 3 is 1.34 bits per heavy atom. The predicted molar refractivity (Wildman–Crippen MR) is 321 cm³/mol. The topological polar surface area (TPSA) is 266 Å². The molecule has 6 aliphatic rings. The van der Waals surface area contributed by atoms with Gasteiger partial charge in [-0.3, -0.25) is 29.0 Å². The van der Waals surface area contributed by atoms with Crippen LogP contribution in [-0.4, -0.2) is 155 Å². The van der Waals surface area contributed by atoms with Crippen molar-refractivity contribution < 1.29 is 81.5 Å². The normalized spacial score (nSPS) is 29.5. The first-order valence-corrected chi connectivity index (χ1v) is 30.1. The number of hydrogen-bond acceptors (Lipinski definition) is 18. The third-order valence-electron chi connectivity index (χ3n) is 17.0. The predicted octanol–water partition coefficient (Wildman–Crippen LogP) is 8.01. The SMILES string of the molecule is [N-]=[N+]=N[C@@H]1O[C@H](COCc2ccccc2)[C@@H](O[C@@H]2O[C@H](COCc3ccccc3)[C@@H](O[C@@H]3O[C@@H]4CO[C@@H](c5ccccc5)O[C@H]4[C@H](O)[C@@H]3O)[C@H](OCc3ccccc3)[C@H]2N2C(=O)c3ccccc3C2=O)[C@H](OCc2ccccc2)[C@H]1N1C(=O)c2ccccc2C1=O. The van der Waals surface area contributed by atoms with Gasteiger partial charge < -0.3 is 62.3 Å². The molecule has 7 aromatic rings. The highest BCUT2D eigenvalue weighted by molar-refractivity contribution is 6.22. The van der Waals surface area contributed by atoms with Gasteiger partial charge in [0.1, 0.15) is 73.1 Å². The summed E-state index contributed by atoms with van der Waals surface area (Å²) in [5.41, 5.74) is 14.2. The van der Waals surface area contributed by atoms with E-state index in [4.69, 9.17) is 52.1 Å². The number of ether oxygens (including phenoxy) is 11. The molecule has 13 rings (SSSR count). The molecule has 0 aromatic heterocycles. The molecule has 0 saturated carbocycles. The third-order valence-corrected chi connectivity index (χ3v) is 17.0. The van der Waals surface area contributed by atoms with Gasteiger partial charge in [0.2, 0.25) is 0 Å². The molecule has 16 atom stereocenters. The van der Waals surface area contributed by atoms with E-state index in [-0.39, 0.29) is 68.5 Å². The molecule has 22 nitrogen and oxygen atoms in total. The lowest BCUT2D eigenvalue weighted by atomic mass is 9.92. The molecule has 0 aliphatic carbocycles. The van der Waals surface area contributed by atoms with Crippen molar-refractivity contribution in [3.05, 3.63) is 261 Å². The van der Waals surface area contributed by atoms with Crippen molar-refractivity contribution in [1.82, 2.24) is 9.80 Å². The van der Waals surface area contributed by atoms with Gasteiger partial charge in [0, 0.05) is 10.5 Å². The molecular weight excluding hydrogens is 1170 g/mol. The van der Waals surface area contributed by atoms with E-state index < -0.39 is 122 Å². The number of imide groups is 2. The fourth-order valence-corrected chi connectivity index (χ4v) is 12.6. The Morgan fingerprint density at radius 1 is 0.462 bits per heavy atom. The van der Waals surface area contributed by atoms with Crippen molar-refractivity contribution in [3.63, 3.8) is 0 Å². The van der Waals surface area contributed by atoms with Crippen molar-refractivity contribution in [2.45, 2.75) is 125 Å². The number of azide groups is 1. The zero-order valence-corrected chi connectivity index (χ0v) is 49.0. The minimum atomic E-state index is -1.80. The Hall–Kier alpha value is -8.39. The molecular formula is C69H65N5O17. The Labute approximate surface area is 523 Å². The molecule has 7 aromatic carbocycles. The lowest BCUT2D eigenvalue weighted by molar-refractivity contribution is -0.388. The van der Waals surface area contributed by atoms with Crippen LogP contribution in [0, 0.1) is 0 Å². The minimum Gasteiger partial charge on any atom is -0.387 e. The maximum absolute atomic E-state index is 15.4. The van der Waals surface area contributed by atoms with E-state index in [0.29, 0.717) is 16.7 Å². The molecule has 2 N–H and O–H groups in total. The zero-order valence-electron chi connectivity index (χ0n) is 49.0. The van der Waals surface area contributed by atoms with Crippen LogP contribution in [0.4, 0.5) is 0 Å². The molecule has 0 radical (unpaired) electrons. The fraction of sp³-hybridized carbons (Fsp3) is 0.333. The number of carbonyl (C=O) groups excluding carboxylic acids is 4. The first-order chi connectivity index (χ1) is 44.6. The highest BCUT2D eigenvalue weighted by Crippen LogP contribution is 2.43. The van der Waals surface area contributed by atoms with Crippen LogP contribution in [0.25, 0.3) is 10.4 Å². The number of fused-ring (bicyclic) bond motifs is 3. The average Bonchev–Trinajstić information content (AvgIpc) is 1.73. The summed E-state index contributed by atoms with van der Waals surface area (Å²) in [7, 11) is 0. The van der Waals surface area contributed by atoms with Crippen molar-refractivity contribution in [3.8, 4) is 0 Å². The summed E-state index contributed by atoms with van der Waals surface area (Å²) in [6.45, 7) is -0.915. The number of nitrogens with zero attached hydrogens (tertiary/aromatic N) is 5.